The number of hydrogen-bond acceptors (Lipinski definition) is 4. The third-order valence-corrected chi connectivity index (χ3v) is 4.76. The van der Waals surface area contributed by atoms with Crippen LogP contribution in [0.15, 0.2) is 60.7 Å². The number of ether oxygens (including phenoxy) is 1. The number of benzene rings is 2. The van der Waals surface area contributed by atoms with Crippen LogP contribution in [0.4, 0.5) is 11.4 Å². The van der Waals surface area contributed by atoms with E-state index in [9.17, 15) is 9.59 Å². The lowest BCUT2D eigenvalue weighted by Crippen LogP contribution is -2.39. The first-order valence-corrected chi connectivity index (χ1v) is 9.55. The molecule has 0 radical (unpaired) electrons. The number of para-hydroxylation sites is 2. The van der Waals surface area contributed by atoms with E-state index in [0.29, 0.717) is 0 Å². The van der Waals surface area contributed by atoms with Gasteiger partial charge in [-0.25, -0.2) is 0 Å². The van der Waals surface area contributed by atoms with Gasteiger partial charge in [-0.05, 0) is 37.1 Å². The summed E-state index contributed by atoms with van der Waals surface area (Å²) in [5, 5.41) is 2.96. The fraction of sp³-hybridized carbons (Fsp3) is 0.364. The van der Waals surface area contributed by atoms with E-state index in [-0.39, 0.29) is 25.1 Å². The molecule has 2 aromatic rings. The Kier molecular flexibility index (Phi) is 6.85. The lowest BCUT2D eigenvalue weighted by atomic mass is 9.95. The number of hydrogen-bond donors (Lipinski definition) is 1. The molecule has 2 aromatic carbocycles. The Bertz CT molecular complexity index is 688. The molecule has 0 aliphatic heterocycles. The Morgan fingerprint density at radius 3 is 2.00 bits per heavy atom. The van der Waals surface area contributed by atoms with Crippen molar-refractivity contribution in [1.82, 2.24) is 5.32 Å². The van der Waals surface area contributed by atoms with Crippen LogP contribution in [0.2, 0.25) is 0 Å². The topological polar surface area (TPSA) is 58.6 Å². The lowest BCUT2D eigenvalue weighted by molar-refractivity contribution is -0.147. The molecule has 0 heterocycles. The van der Waals surface area contributed by atoms with Crippen molar-refractivity contribution < 1.29 is 14.3 Å². The van der Waals surface area contributed by atoms with Gasteiger partial charge in [0, 0.05) is 17.4 Å². The Balaban J connectivity index is 1.55. The van der Waals surface area contributed by atoms with E-state index in [2.05, 4.69) is 5.32 Å². The van der Waals surface area contributed by atoms with Crippen LogP contribution in [0.3, 0.4) is 0 Å². The van der Waals surface area contributed by atoms with Crippen LogP contribution in [0.1, 0.15) is 32.1 Å². The van der Waals surface area contributed by atoms with Crippen molar-refractivity contribution in [2.75, 3.05) is 18.1 Å². The second kappa shape index (κ2) is 9.76. The molecule has 142 valence electrons. The fourth-order valence-corrected chi connectivity index (χ4v) is 3.38. The van der Waals surface area contributed by atoms with Gasteiger partial charge in [-0.3, -0.25) is 9.59 Å². The van der Waals surface area contributed by atoms with Crippen molar-refractivity contribution in [3.8, 4) is 0 Å². The highest BCUT2D eigenvalue weighted by atomic mass is 16.5. The third kappa shape index (κ3) is 5.84. The maximum absolute atomic E-state index is 12.4. The molecule has 27 heavy (non-hydrogen) atoms. The van der Waals surface area contributed by atoms with Crippen molar-refractivity contribution in [2.24, 2.45) is 0 Å². The van der Waals surface area contributed by atoms with Crippen LogP contribution >= 0.6 is 0 Å². The van der Waals surface area contributed by atoms with Crippen molar-refractivity contribution in [3.05, 3.63) is 60.7 Å². The van der Waals surface area contributed by atoms with Crippen molar-refractivity contribution in [2.45, 2.75) is 38.1 Å². The normalized spacial score (nSPS) is 14.4. The van der Waals surface area contributed by atoms with E-state index in [0.717, 1.165) is 37.1 Å². The molecule has 0 spiro atoms. The minimum absolute atomic E-state index is 0.0464. The van der Waals surface area contributed by atoms with E-state index in [1.54, 1.807) is 0 Å². The molecule has 5 nitrogen and oxygen atoms in total. The van der Waals surface area contributed by atoms with Gasteiger partial charge in [0.1, 0.15) is 6.54 Å². The van der Waals surface area contributed by atoms with Gasteiger partial charge >= 0.3 is 5.97 Å². The van der Waals surface area contributed by atoms with Crippen molar-refractivity contribution >= 4 is 23.3 Å². The number of anilines is 2. The number of carbonyl (C=O) groups is 2. The monoisotopic (exact) mass is 366 g/mol. The molecule has 1 amide bonds. The summed E-state index contributed by atoms with van der Waals surface area (Å²) in [4.78, 5) is 26.3. The van der Waals surface area contributed by atoms with E-state index in [1.807, 2.05) is 65.6 Å². The van der Waals surface area contributed by atoms with Crippen LogP contribution in [0.5, 0.6) is 0 Å². The minimum Gasteiger partial charge on any atom is -0.454 e. The van der Waals surface area contributed by atoms with Gasteiger partial charge in [-0.1, -0.05) is 55.7 Å². The molecule has 1 aliphatic rings. The second-order valence-corrected chi connectivity index (χ2v) is 6.82. The lowest BCUT2D eigenvalue weighted by Gasteiger charge is -2.24. The van der Waals surface area contributed by atoms with Crippen LogP contribution in [0, 0.1) is 0 Å². The number of nitrogens with one attached hydrogen (secondary N) is 1. The molecular formula is C22H26N2O3. The first kappa shape index (κ1) is 19.0. The molecular weight excluding hydrogens is 340 g/mol. The Hall–Kier alpha value is -2.82. The number of rotatable bonds is 7. The first-order valence-electron chi connectivity index (χ1n) is 9.55. The number of carbonyl (C=O) groups excluding carboxylic acids is 2. The largest absolute Gasteiger partial charge is 0.454 e. The standard InChI is InChI=1S/C22H26N2O3/c25-21(23-18-10-4-1-5-11-18)17-27-22(26)16-24(19-12-6-2-7-13-19)20-14-8-3-9-15-20/h2-3,6-9,12-15,18H,1,4-5,10-11,16-17H2,(H,23,25). The van der Waals surface area contributed by atoms with Gasteiger partial charge in [-0.2, -0.15) is 0 Å². The highest BCUT2D eigenvalue weighted by molar-refractivity contribution is 5.84. The number of amides is 1. The fourth-order valence-electron chi connectivity index (χ4n) is 3.38. The van der Waals surface area contributed by atoms with Gasteiger partial charge in [0.25, 0.3) is 5.91 Å². The van der Waals surface area contributed by atoms with Crippen molar-refractivity contribution in [1.29, 1.82) is 0 Å². The Labute approximate surface area is 160 Å². The zero-order chi connectivity index (χ0) is 18.9. The predicted octanol–water partition coefficient (Wildman–Crippen LogP) is 3.82. The Morgan fingerprint density at radius 2 is 1.44 bits per heavy atom. The Morgan fingerprint density at radius 1 is 0.889 bits per heavy atom. The van der Waals surface area contributed by atoms with Gasteiger partial charge in [0.05, 0.1) is 0 Å². The summed E-state index contributed by atoms with van der Waals surface area (Å²) in [7, 11) is 0. The molecule has 0 aromatic heterocycles. The highest BCUT2D eigenvalue weighted by Crippen LogP contribution is 2.24. The number of esters is 1. The molecule has 0 unspecified atom stereocenters. The third-order valence-electron chi connectivity index (χ3n) is 4.76. The first-order chi connectivity index (χ1) is 13.2. The zero-order valence-electron chi connectivity index (χ0n) is 15.5. The molecule has 1 fully saturated rings. The summed E-state index contributed by atoms with van der Waals surface area (Å²) in [5.74, 6) is -0.650. The molecule has 1 aliphatic carbocycles. The molecule has 0 atom stereocenters. The summed E-state index contributed by atoms with van der Waals surface area (Å²) in [6, 6.07) is 19.5. The van der Waals surface area contributed by atoms with E-state index in [4.69, 9.17) is 4.74 Å². The van der Waals surface area contributed by atoms with Crippen LogP contribution in [-0.4, -0.2) is 31.1 Å². The number of nitrogens with zero attached hydrogens (tertiary/aromatic N) is 1. The molecule has 0 saturated heterocycles. The van der Waals surface area contributed by atoms with Gasteiger partial charge in [0.2, 0.25) is 0 Å². The summed E-state index contributed by atoms with van der Waals surface area (Å²) < 4.78 is 5.23. The van der Waals surface area contributed by atoms with Gasteiger partial charge in [0.15, 0.2) is 6.61 Å². The second-order valence-electron chi connectivity index (χ2n) is 6.82. The summed E-state index contributed by atoms with van der Waals surface area (Å²) in [6.45, 7) is -0.183. The minimum atomic E-state index is -0.429. The summed E-state index contributed by atoms with van der Waals surface area (Å²) >= 11 is 0. The molecule has 1 saturated carbocycles. The molecule has 3 rings (SSSR count). The maximum atomic E-state index is 12.4. The quantitative estimate of drug-likeness (QED) is 0.757. The van der Waals surface area contributed by atoms with E-state index < -0.39 is 5.97 Å². The highest BCUT2D eigenvalue weighted by Gasteiger charge is 2.18. The van der Waals surface area contributed by atoms with Gasteiger partial charge in [-0.15, -0.1) is 0 Å². The van der Waals surface area contributed by atoms with E-state index in [1.165, 1.54) is 6.42 Å². The molecule has 0 bridgehead atoms. The zero-order valence-corrected chi connectivity index (χ0v) is 15.5. The van der Waals surface area contributed by atoms with Crippen LogP contribution < -0.4 is 10.2 Å². The van der Waals surface area contributed by atoms with Crippen LogP contribution in [0.25, 0.3) is 0 Å². The predicted molar refractivity (Wildman–Crippen MR) is 106 cm³/mol. The van der Waals surface area contributed by atoms with Crippen molar-refractivity contribution in [3.63, 3.8) is 0 Å². The molecule has 1 N–H and O–H groups in total. The smallest absolute Gasteiger partial charge is 0.326 e. The average Bonchev–Trinajstić information content (AvgIpc) is 2.72. The van der Waals surface area contributed by atoms with Gasteiger partial charge < -0.3 is 15.0 Å². The summed E-state index contributed by atoms with van der Waals surface area (Å²) in [5.41, 5.74) is 1.79. The van der Waals surface area contributed by atoms with Crippen LogP contribution in [-0.2, 0) is 14.3 Å². The molecule has 5 heteroatoms. The maximum Gasteiger partial charge on any atom is 0.326 e. The van der Waals surface area contributed by atoms with E-state index >= 15 is 0 Å². The SMILES string of the molecule is O=C(COC(=O)CN(c1ccccc1)c1ccccc1)NC1CCCCC1. The summed E-state index contributed by atoms with van der Waals surface area (Å²) in [6.07, 6.45) is 5.54. The average molecular weight is 366 g/mol.